The summed E-state index contributed by atoms with van der Waals surface area (Å²) in [5.74, 6) is -2.21. The van der Waals surface area contributed by atoms with Gasteiger partial charge in [0.25, 0.3) is 0 Å². The maximum absolute atomic E-state index is 11.3. The molecule has 2 aromatic rings. The molecule has 0 fully saturated rings. The average molecular weight is 455 g/mol. The van der Waals surface area contributed by atoms with E-state index in [-0.39, 0.29) is 21.4 Å². The first-order chi connectivity index (χ1) is 13.1. The van der Waals surface area contributed by atoms with Crippen LogP contribution in [0.3, 0.4) is 0 Å². The summed E-state index contributed by atoms with van der Waals surface area (Å²) in [7, 11) is 2.47. The molecule has 0 atom stereocenters. The highest BCUT2D eigenvalue weighted by atomic mass is 33.1. The highest BCUT2D eigenvalue weighted by Gasteiger charge is 2.13. The van der Waals surface area contributed by atoms with Crippen LogP contribution >= 0.6 is 45.1 Å². The maximum Gasteiger partial charge on any atom is 0.335 e. The van der Waals surface area contributed by atoms with Gasteiger partial charge in [-0.05, 0) is 36.4 Å². The van der Waals surface area contributed by atoms with Crippen molar-refractivity contribution in [1.82, 2.24) is 0 Å². The number of carboxylic acids is 2. The molecule has 0 aliphatic rings. The van der Waals surface area contributed by atoms with Crippen LogP contribution in [0.2, 0.25) is 0 Å². The molecule has 0 saturated heterocycles. The number of thioether (sulfide) groups is 2. The lowest BCUT2D eigenvalue weighted by Crippen LogP contribution is -1.97. The molecule has 146 valence electrons. The first-order valence-corrected chi connectivity index (χ1v) is 11.4. The van der Waals surface area contributed by atoms with Gasteiger partial charge in [-0.2, -0.15) is 0 Å². The Morgan fingerprint density at radius 1 is 0.607 bits per heavy atom. The third kappa shape index (κ3) is 6.93. The Kier molecular flexibility index (Phi) is 8.05. The van der Waals surface area contributed by atoms with Crippen molar-refractivity contribution in [3.05, 3.63) is 47.5 Å². The molecule has 0 radical (unpaired) electrons. The zero-order chi connectivity index (χ0) is 20.8. The van der Waals surface area contributed by atoms with Crippen molar-refractivity contribution >= 4 is 67.3 Å². The van der Waals surface area contributed by atoms with Crippen molar-refractivity contribution in [2.75, 3.05) is 0 Å². The van der Waals surface area contributed by atoms with Crippen molar-refractivity contribution in [3.8, 4) is 0 Å². The fourth-order valence-corrected chi connectivity index (χ4v) is 5.64. The van der Waals surface area contributed by atoms with E-state index >= 15 is 0 Å². The van der Waals surface area contributed by atoms with Crippen LogP contribution in [0.5, 0.6) is 0 Å². The summed E-state index contributed by atoms with van der Waals surface area (Å²) in [6.07, 6.45) is 0. The van der Waals surface area contributed by atoms with Gasteiger partial charge in [0.2, 0.25) is 0 Å². The van der Waals surface area contributed by atoms with Crippen LogP contribution in [0, 0.1) is 0 Å². The van der Waals surface area contributed by atoms with Crippen LogP contribution in [0.15, 0.2) is 56.0 Å². The minimum atomic E-state index is -1.11. The minimum absolute atomic E-state index is 0.0569. The van der Waals surface area contributed by atoms with E-state index < -0.39 is 11.9 Å². The number of carbonyl (C=O) groups is 4. The van der Waals surface area contributed by atoms with Gasteiger partial charge in [0.1, 0.15) is 0 Å². The largest absolute Gasteiger partial charge is 0.478 e. The zero-order valence-corrected chi connectivity index (χ0v) is 17.9. The van der Waals surface area contributed by atoms with Crippen LogP contribution < -0.4 is 0 Å². The van der Waals surface area contributed by atoms with Crippen LogP contribution in [-0.4, -0.2) is 32.4 Å². The number of rotatable bonds is 7. The van der Waals surface area contributed by atoms with Crippen LogP contribution in [0.1, 0.15) is 34.6 Å². The first-order valence-electron chi connectivity index (χ1n) is 7.62. The Morgan fingerprint density at radius 2 is 0.929 bits per heavy atom. The lowest BCUT2D eigenvalue weighted by atomic mass is 10.2. The Balaban J connectivity index is 2.29. The van der Waals surface area contributed by atoms with Crippen LogP contribution in [-0.2, 0) is 9.59 Å². The topological polar surface area (TPSA) is 109 Å². The summed E-state index contributed by atoms with van der Waals surface area (Å²) in [5.41, 5.74) is 0.114. The second-order valence-corrected chi connectivity index (χ2v) is 10.1. The normalized spacial score (nSPS) is 10.5. The molecular weight excluding hydrogens is 440 g/mol. The molecule has 0 bridgehead atoms. The molecule has 0 heterocycles. The standard InChI is InChI=1S/C18H14O6S4/c1-9(19)25-13-3-11(17(21)22)5-15(7-13)27-28-16-6-12(18(23)24)4-14(8-16)26-10(2)20/h3-8H,1-2H3,(H,21,22)(H,23,24). The van der Waals surface area contributed by atoms with Gasteiger partial charge in [0.05, 0.1) is 11.1 Å². The summed E-state index contributed by atoms with van der Waals surface area (Å²) in [4.78, 5) is 47.5. The van der Waals surface area contributed by atoms with Crippen LogP contribution in [0.4, 0.5) is 0 Å². The van der Waals surface area contributed by atoms with Crippen molar-refractivity contribution in [2.24, 2.45) is 0 Å². The van der Waals surface area contributed by atoms with Gasteiger partial charge < -0.3 is 10.2 Å². The van der Waals surface area contributed by atoms with Crippen molar-refractivity contribution in [2.45, 2.75) is 33.4 Å². The van der Waals surface area contributed by atoms with Gasteiger partial charge in [-0.1, -0.05) is 45.1 Å². The molecule has 28 heavy (non-hydrogen) atoms. The monoisotopic (exact) mass is 454 g/mol. The lowest BCUT2D eigenvalue weighted by Gasteiger charge is -2.08. The second-order valence-electron chi connectivity index (χ2n) is 5.35. The van der Waals surface area contributed by atoms with Crippen LogP contribution in [0.25, 0.3) is 0 Å². The molecule has 2 rings (SSSR count). The molecule has 0 aromatic heterocycles. The number of aromatic carboxylic acids is 2. The summed E-state index contributed by atoms with van der Waals surface area (Å²) < 4.78 is 0. The lowest BCUT2D eigenvalue weighted by molar-refractivity contribution is -0.109. The van der Waals surface area contributed by atoms with E-state index in [1.54, 1.807) is 12.1 Å². The van der Waals surface area contributed by atoms with Gasteiger partial charge in [-0.25, -0.2) is 9.59 Å². The zero-order valence-electron chi connectivity index (χ0n) is 14.6. The Hall–Kier alpha value is -1.88. The summed E-state index contributed by atoms with van der Waals surface area (Å²) in [5, 5.41) is 18.2. The number of hydrogen-bond acceptors (Lipinski definition) is 8. The van der Waals surface area contributed by atoms with Gasteiger partial charge in [-0.3, -0.25) is 9.59 Å². The summed E-state index contributed by atoms with van der Waals surface area (Å²) in [6.45, 7) is 2.79. The van der Waals surface area contributed by atoms with Gasteiger partial charge in [-0.15, -0.1) is 0 Å². The van der Waals surface area contributed by atoms with E-state index in [0.29, 0.717) is 19.6 Å². The molecule has 10 heteroatoms. The molecule has 0 aliphatic carbocycles. The minimum Gasteiger partial charge on any atom is -0.478 e. The highest BCUT2D eigenvalue weighted by molar-refractivity contribution is 8.76. The van der Waals surface area contributed by atoms with E-state index in [1.165, 1.54) is 59.7 Å². The van der Waals surface area contributed by atoms with Crippen molar-refractivity contribution in [1.29, 1.82) is 0 Å². The predicted octanol–water partition coefficient (Wildman–Crippen LogP) is 5.16. The second kappa shape index (κ2) is 10.1. The highest BCUT2D eigenvalue weighted by Crippen LogP contribution is 2.41. The molecule has 6 nitrogen and oxygen atoms in total. The molecule has 0 amide bonds. The third-order valence-electron chi connectivity index (χ3n) is 3.01. The third-order valence-corrected chi connectivity index (χ3v) is 6.87. The molecule has 0 spiro atoms. The van der Waals surface area contributed by atoms with Crippen molar-refractivity contribution in [3.63, 3.8) is 0 Å². The fourth-order valence-electron chi connectivity index (χ4n) is 2.03. The maximum atomic E-state index is 11.3. The SMILES string of the molecule is CC(=O)Sc1cc(SSc2cc(SC(C)=O)cc(C(=O)O)c2)cc(C(=O)O)c1. The fraction of sp³-hybridized carbons (Fsp3) is 0.111. The molecule has 2 N–H and O–H groups in total. The van der Waals surface area contributed by atoms with E-state index in [2.05, 4.69) is 0 Å². The van der Waals surface area contributed by atoms with E-state index in [9.17, 15) is 29.4 Å². The van der Waals surface area contributed by atoms with Gasteiger partial charge in [0, 0.05) is 33.4 Å². The summed E-state index contributed by atoms with van der Waals surface area (Å²) >= 11 is 1.88. The quantitative estimate of drug-likeness (QED) is 0.430. The molecule has 2 aromatic carbocycles. The number of benzene rings is 2. The predicted molar refractivity (Wildman–Crippen MR) is 112 cm³/mol. The van der Waals surface area contributed by atoms with E-state index in [0.717, 1.165) is 23.5 Å². The summed E-state index contributed by atoms with van der Waals surface area (Å²) in [6, 6.07) is 9.21. The van der Waals surface area contributed by atoms with Gasteiger partial charge in [0.15, 0.2) is 10.2 Å². The van der Waals surface area contributed by atoms with E-state index in [4.69, 9.17) is 0 Å². The first kappa shape index (κ1) is 22.4. The Morgan fingerprint density at radius 3 is 1.21 bits per heavy atom. The van der Waals surface area contributed by atoms with Crippen molar-refractivity contribution < 1.29 is 29.4 Å². The number of carbonyl (C=O) groups excluding carboxylic acids is 2. The van der Waals surface area contributed by atoms with Gasteiger partial charge >= 0.3 is 11.9 Å². The number of carboxylic acid groups (broad SMARTS) is 2. The molecule has 0 aliphatic heterocycles. The number of hydrogen-bond donors (Lipinski definition) is 2. The molecule has 0 saturated carbocycles. The smallest absolute Gasteiger partial charge is 0.335 e. The molecule has 0 unspecified atom stereocenters. The Bertz CT molecular complexity index is 880. The van der Waals surface area contributed by atoms with E-state index in [1.807, 2.05) is 0 Å². The average Bonchev–Trinajstić information content (AvgIpc) is 2.58. The Labute approximate surface area is 177 Å². The molecular formula is C18H14O6S4.